The van der Waals surface area contributed by atoms with Gasteiger partial charge in [-0.2, -0.15) is 0 Å². The van der Waals surface area contributed by atoms with Crippen LogP contribution in [-0.2, 0) is 16.0 Å². The third-order valence-electron chi connectivity index (χ3n) is 6.40. The van der Waals surface area contributed by atoms with Crippen LogP contribution in [-0.4, -0.2) is 21.8 Å². The molecule has 1 unspecified atom stereocenters. The van der Waals surface area contributed by atoms with Crippen LogP contribution in [0, 0.1) is 6.92 Å². The number of aromatic nitrogens is 1. The zero-order valence-electron chi connectivity index (χ0n) is 18.8. The smallest absolute Gasteiger partial charge is 0.300 e. The van der Waals surface area contributed by atoms with Gasteiger partial charge in [-0.25, -0.2) is 0 Å². The number of aromatic amines is 1. The minimum Gasteiger partial charge on any atom is -0.507 e. The third kappa shape index (κ3) is 3.55. The van der Waals surface area contributed by atoms with Gasteiger partial charge in [-0.15, -0.1) is 0 Å². The van der Waals surface area contributed by atoms with Crippen LogP contribution in [0.2, 0.25) is 0 Å². The van der Waals surface area contributed by atoms with E-state index in [0.717, 1.165) is 38.6 Å². The maximum Gasteiger partial charge on any atom is 0.300 e. The summed E-state index contributed by atoms with van der Waals surface area (Å²) in [7, 11) is 0. The maximum atomic E-state index is 13.4. The van der Waals surface area contributed by atoms with Gasteiger partial charge in [0.05, 0.1) is 11.6 Å². The molecule has 170 valence electrons. The number of halogens is 1. The molecule has 1 aromatic heterocycles. The molecule has 0 bridgehead atoms. The summed E-state index contributed by atoms with van der Waals surface area (Å²) in [4.78, 5) is 31.7. The molecule has 2 N–H and O–H groups in total. The minimum absolute atomic E-state index is 0.0831. The van der Waals surface area contributed by atoms with E-state index in [1.807, 2.05) is 55.5 Å². The summed E-state index contributed by atoms with van der Waals surface area (Å²) in [6.45, 7) is 3.99. The van der Waals surface area contributed by atoms with Crippen molar-refractivity contribution < 1.29 is 14.7 Å². The minimum atomic E-state index is -0.771. The van der Waals surface area contributed by atoms with Gasteiger partial charge in [-0.05, 0) is 49.2 Å². The number of H-pyrrole nitrogens is 1. The number of hydrogen-bond donors (Lipinski definition) is 2. The molecule has 0 saturated carbocycles. The molecule has 0 spiro atoms. The topological polar surface area (TPSA) is 73.4 Å². The Morgan fingerprint density at radius 1 is 1.00 bits per heavy atom. The van der Waals surface area contributed by atoms with Gasteiger partial charge in [-0.3, -0.25) is 14.5 Å². The van der Waals surface area contributed by atoms with Crippen LogP contribution in [0.3, 0.4) is 0 Å². The molecule has 2 heterocycles. The summed E-state index contributed by atoms with van der Waals surface area (Å²) in [6, 6.07) is 21.7. The number of rotatable bonds is 4. The number of benzene rings is 3. The van der Waals surface area contributed by atoms with Gasteiger partial charge in [0.1, 0.15) is 5.76 Å². The summed E-state index contributed by atoms with van der Waals surface area (Å²) in [6.07, 6.45) is 0.869. The van der Waals surface area contributed by atoms with Crippen LogP contribution in [0.4, 0.5) is 5.69 Å². The Morgan fingerprint density at radius 3 is 2.35 bits per heavy atom. The largest absolute Gasteiger partial charge is 0.507 e. The van der Waals surface area contributed by atoms with Crippen molar-refractivity contribution in [2.75, 3.05) is 4.90 Å². The predicted molar refractivity (Wildman–Crippen MR) is 138 cm³/mol. The Kier molecular flexibility index (Phi) is 5.62. The van der Waals surface area contributed by atoms with Crippen LogP contribution < -0.4 is 4.90 Å². The number of hydrogen-bond acceptors (Lipinski definition) is 3. The number of nitrogens with zero attached hydrogens (tertiary/aromatic N) is 1. The summed E-state index contributed by atoms with van der Waals surface area (Å²) in [5.74, 6) is -1.54. The number of aliphatic hydroxyl groups excluding tert-OH is 1. The lowest BCUT2D eigenvalue weighted by Gasteiger charge is -2.26. The molecular formula is C28H23BrN2O3. The monoisotopic (exact) mass is 514 g/mol. The van der Waals surface area contributed by atoms with E-state index >= 15 is 0 Å². The zero-order valence-corrected chi connectivity index (χ0v) is 20.4. The summed E-state index contributed by atoms with van der Waals surface area (Å²) < 4.78 is 0.851. The van der Waals surface area contributed by atoms with E-state index in [1.54, 1.807) is 24.3 Å². The number of aryl methyl sites for hydroxylation is 2. The quantitative estimate of drug-likeness (QED) is 0.187. The zero-order chi connectivity index (χ0) is 24.0. The summed E-state index contributed by atoms with van der Waals surface area (Å²) in [5, 5.41) is 12.2. The Balaban J connectivity index is 1.79. The number of ketones is 1. The van der Waals surface area contributed by atoms with Crippen molar-refractivity contribution in [1.29, 1.82) is 0 Å². The highest BCUT2D eigenvalue weighted by Gasteiger charge is 2.48. The van der Waals surface area contributed by atoms with Gasteiger partial charge >= 0.3 is 0 Å². The van der Waals surface area contributed by atoms with Crippen molar-refractivity contribution in [3.05, 3.63) is 105 Å². The number of para-hydroxylation sites is 1. The van der Waals surface area contributed by atoms with Crippen LogP contribution in [0.25, 0.3) is 16.7 Å². The van der Waals surface area contributed by atoms with Gasteiger partial charge in [0.2, 0.25) is 0 Å². The van der Waals surface area contributed by atoms with Crippen molar-refractivity contribution >= 4 is 50.0 Å². The van der Waals surface area contributed by atoms with E-state index in [4.69, 9.17) is 0 Å². The molecule has 0 radical (unpaired) electrons. The number of aliphatic hydroxyl groups is 1. The van der Waals surface area contributed by atoms with Crippen LogP contribution >= 0.6 is 15.9 Å². The molecule has 3 aromatic carbocycles. The molecule has 5 rings (SSSR count). The number of nitrogens with one attached hydrogen (secondary N) is 1. The molecule has 1 saturated heterocycles. The SMILES string of the molecule is CCc1ccc(N2C(=O)C(=O)/C(=C(/O)c3ccc(Br)cc3)C2c2c(C)[nH]c3ccccc23)cc1. The van der Waals surface area contributed by atoms with Gasteiger partial charge in [0, 0.05) is 37.9 Å². The number of anilines is 1. The fourth-order valence-corrected chi connectivity index (χ4v) is 4.94. The highest BCUT2D eigenvalue weighted by Crippen LogP contribution is 2.45. The Morgan fingerprint density at radius 2 is 1.68 bits per heavy atom. The molecule has 4 aromatic rings. The van der Waals surface area contributed by atoms with E-state index in [0.29, 0.717) is 11.3 Å². The molecule has 0 aliphatic carbocycles. The lowest BCUT2D eigenvalue weighted by Crippen LogP contribution is -2.29. The lowest BCUT2D eigenvalue weighted by atomic mass is 9.93. The van der Waals surface area contributed by atoms with E-state index < -0.39 is 17.7 Å². The molecule has 6 heteroatoms. The van der Waals surface area contributed by atoms with E-state index in [2.05, 4.69) is 27.8 Å². The van der Waals surface area contributed by atoms with Crippen LogP contribution in [0.1, 0.15) is 35.3 Å². The number of carbonyl (C=O) groups is 2. The third-order valence-corrected chi connectivity index (χ3v) is 6.93. The Hall–Kier alpha value is -3.64. The van der Waals surface area contributed by atoms with Gasteiger partial charge < -0.3 is 10.1 Å². The molecule has 1 aliphatic rings. The number of fused-ring (bicyclic) bond motifs is 1. The van der Waals surface area contributed by atoms with E-state index in [1.165, 1.54) is 4.90 Å². The highest BCUT2D eigenvalue weighted by molar-refractivity contribution is 9.10. The average Bonchev–Trinajstić information content (AvgIpc) is 3.31. The standard InChI is InChI=1S/C28H23BrN2O3/c1-3-17-8-14-20(15-9-17)31-25(23-16(2)30-22-7-5-4-6-21(22)23)24(27(33)28(31)34)26(32)18-10-12-19(29)13-11-18/h4-15,25,30,32H,3H2,1-2H3/b26-24+. The van der Waals surface area contributed by atoms with Crippen molar-refractivity contribution in [3.8, 4) is 0 Å². The highest BCUT2D eigenvalue weighted by atomic mass is 79.9. The predicted octanol–water partition coefficient (Wildman–Crippen LogP) is 6.43. The second-order valence-corrected chi connectivity index (χ2v) is 9.32. The first-order valence-corrected chi connectivity index (χ1v) is 11.9. The summed E-state index contributed by atoms with van der Waals surface area (Å²) >= 11 is 3.40. The average molecular weight is 515 g/mol. The number of carbonyl (C=O) groups excluding carboxylic acids is 2. The first-order valence-electron chi connectivity index (χ1n) is 11.1. The second-order valence-electron chi connectivity index (χ2n) is 8.41. The first kappa shape index (κ1) is 22.2. The molecular weight excluding hydrogens is 492 g/mol. The maximum absolute atomic E-state index is 13.4. The van der Waals surface area contributed by atoms with Crippen molar-refractivity contribution in [1.82, 2.24) is 4.98 Å². The van der Waals surface area contributed by atoms with E-state index in [-0.39, 0.29) is 11.3 Å². The van der Waals surface area contributed by atoms with Crippen molar-refractivity contribution in [3.63, 3.8) is 0 Å². The fraction of sp³-hybridized carbons (Fsp3) is 0.143. The number of Topliss-reactive ketones (excluding diaryl/α,β-unsaturated/α-hetero) is 1. The molecule has 34 heavy (non-hydrogen) atoms. The van der Waals surface area contributed by atoms with Crippen LogP contribution in [0.15, 0.2) is 82.8 Å². The lowest BCUT2D eigenvalue weighted by molar-refractivity contribution is -0.132. The normalized spacial score (nSPS) is 17.6. The Labute approximate surface area is 205 Å². The Bertz CT molecular complexity index is 1450. The molecule has 1 aliphatic heterocycles. The van der Waals surface area contributed by atoms with Crippen molar-refractivity contribution in [2.24, 2.45) is 0 Å². The second kappa shape index (κ2) is 8.61. The molecule has 5 nitrogen and oxygen atoms in total. The van der Waals surface area contributed by atoms with Crippen LogP contribution in [0.5, 0.6) is 0 Å². The van der Waals surface area contributed by atoms with Gasteiger partial charge in [-0.1, -0.05) is 65.3 Å². The van der Waals surface area contributed by atoms with E-state index in [9.17, 15) is 14.7 Å². The van der Waals surface area contributed by atoms with Gasteiger partial charge in [0.25, 0.3) is 11.7 Å². The van der Waals surface area contributed by atoms with Crippen molar-refractivity contribution in [2.45, 2.75) is 26.3 Å². The number of amides is 1. The summed E-state index contributed by atoms with van der Waals surface area (Å²) in [5.41, 5.74) is 4.85. The molecule has 1 atom stereocenters. The van der Waals surface area contributed by atoms with Gasteiger partial charge in [0.15, 0.2) is 0 Å². The molecule has 1 fully saturated rings. The first-order chi connectivity index (χ1) is 16.4. The fourth-order valence-electron chi connectivity index (χ4n) is 4.68. The molecule has 1 amide bonds.